The van der Waals surface area contributed by atoms with Gasteiger partial charge in [0.1, 0.15) is 11.5 Å². The predicted octanol–water partition coefficient (Wildman–Crippen LogP) is 2.48. The van der Waals surface area contributed by atoms with E-state index in [0.717, 1.165) is 23.6 Å². The van der Waals surface area contributed by atoms with E-state index in [-0.39, 0.29) is 11.9 Å². The monoisotopic (exact) mass is 268 g/mol. The maximum absolute atomic E-state index is 12.3. The molecule has 0 unspecified atom stereocenters. The molecular weight excluding hydrogens is 252 g/mol. The number of aromatic nitrogens is 1. The second kappa shape index (κ2) is 5.41. The van der Waals surface area contributed by atoms with Crippen LogP contribution in [-0.2, 0) is 4.79 Å². The molecule has 1 aromatic heterocycles. The molecular formula is C16H16N2O2. The van der Waals surface area contributed by atoms with Crippen molar-refractivity contribution in [2.45, 2.75) is 31.7 Å². The van der Waals surface area contributed by atoms with Gasteiger partial charge in [-0.25, -0.2) is 0 Å². The van der Waals surface area contributed by atoms with Crippen molar-refractivity contribution in [3.05, 3.63) is 42.2 Å². The normalized spacial score (nSPS) is 16.3. The molecule has 102 valence electrons. The Morgan fingerprint density at radius 2 is 1.90 bits per heavy atom. The number of hydrogen-bond acceptors (Lipinski definition) is 3. The molecule has 0 spiro atoms. The standard InChI is InChI=1S/C16H16N2O2/c19-13-7-5-12(6-8-13)18-16(20)15-14-4-2-1-3-11(14)9-10-17-15/h1-4,9-10,12H,5-8H2,(H,18,20). The predicted molar refractivity (Wildman–Crippen MR) is 76.5 cm³/mol. The summed E-state index contributed by atoms with van der Waals surface area (Å²) in [5.74, 6) is 0.139. The van der Waals surface area contributed by atoms with Crippen LogP contribution in [0.5, 0.6) is 0 Å². The molecule has 3 rings (SSSR count). The molecule has 1 aliphatic rings. The smallest absolute Gasteiger partial charge is 0.270 e. The number of amides is 1. The molecule has 0 bridgehead atoms. The van der Waals surface area contributed by atoms with Gasteiger partial charge in [0.25, 0.3) is 5.91 Å². The summed E-state index contributed by atoms with van der Waals surface area (Å²) in [5.41, 5.74) is 0.458. The van der Waals surface area contributed by atoms with E-state index in [0.29, 0.717) is 24.3 Å². The van der Waals surface area contributed by atoms with Crippen molar-refractivity contribution in [1.29, 1.82) is 0 Å². The van der Waals surface area contributed by atoms with E-state index in [1.54, 1.807) is 6.20 Å². The lowest BCUT2D eigenvalue weighted by Crippen LogP contribution is -2.38. The van der Waals surface area contributed by atoms with Gasteiger partial charge in [-0.05, 0) is 24.3 Å². The number of nitrogens with zero attached hydrogens (tertiary/aromatic N) is 1. The van der Waals surface area contributed by atoms with E-state index in [4.69, 9.17) is 0 Å². The fourth-order valence-electron chi connectivity index (χ4n) is 2.64. The number of Topliss-reactive ketones (excluding diaryl/α,β-unsaturated/α-hetero) is 1. The lowest BCUT2D eigenvalue weighted by Gasteiger charge is -2.22. The molecule has 0 atom stereocenters. The van der Waals surface area contributed by atoms with Gasteiger partial charge in [0.15, 0.2) is 0 Å². The van der Waals surface area contributed by atoms with Crippen LogP contribution < -0.4 is 5.32 Å². The van der Waals surface area contributed by atoms with Crippen LogP contribution in [0.3, 0.4) is 0 Å². The van der Waals surface area contributed by atoms with Gasteiger partial charge in [0.2, 0.25) is 0 Å². The highest BCUT2D eigenvalue weighted by Crippen LogP contribution is 2.18. The lowest BCUT2D eigenvalue weighted by atomic mass is 9.94. The Morgan fingerprint density at radius 1 is 1.15 bits per heavy atom. The van der Waals surface area contributed by atoms with E-state index in [1.807, 2.05) is 30.3 Å². The Morgan fingerprint density at radius 3 is 2.70 bits per heavy atom. The van der Waals surface area contributed by atoms with Crippen LogP contribution in [0.4, 0.5) is 0 Å². The summed E-state index contributed by atoms with van der Waals surface area (Å²) in [6, 6.07) is 9.69. The van der Waals surface area contributed by atoms with E-state index < -0.39 is 0 Å². The zero-order chi connectivity index (χ0) is 13.9. The van der Waals surface area contributed by atoms with Gasteiger partial charge >= 0.3 is 0 Å². The number of ketones is 1. The number of rotatable bonds is 2. The summed E-state index contributed by atoms with van der Waals surface area (Å²) in [5, 5.41) is 4.86. The number of carbonyl (C=O) groups excluding carboxylic acids is 2. The first-order chi connectivity index (χ1) is 9.74. The van der Waals surface area contributed by atoms with Crippen LogP contribution in [0, 0.1) is 0 Å². The minimum atomic E-state index is -0.152. The van der Waals surface area contributed by atoms with Crippen LogP contribution in [0.15, 0.2) is 36.5 Å². The van der Waals surface area contributed by atoms with Gasteiger partial charge in [-0.15, -0.1) is 0 Å². The third-order valence-corrected chi connectivity index (χ3v) is 3.77. The summed E-state index contributed by atoms with van der Waals surface area (Å²) in [6.45, 7) is 0. The Bertz CT molecular complexity index is 651. The molecule has 4 nitrogen and oxygen atoms in total. The zero-order valence-corrected chi connectivity index (χ0v) is 11.1. The maximum atomic E-state index is 12.3. The molecule has 1 aliphatic carbocycles. The van der Waals surface area contributed by atoms with Crippen molar-refractivity contribution in [2.75, 3.05) is 0 Å². The van der Waals surface area contributed by atoms with E-state index in [9.17, 15) is 9.59 Å². The SMILES string of the molecule is O=C1CCC(NC(=O)c2nccc3ccccc23)CC1. The van der Waals surface area contributed by atoms with E-state index in [1.165, 1.54) is 0 Å². The quantitative estimate of drug-likeness (QED) is 0.910. The first-order valence-electron chi connectivity index (χ1n) is 6.90. The van der Waals surface area contributed by atoms with Crippen LogP contribution in [0.1, 0.15) is 36.2 Å². The van der Waals surface area contributed by atoms with Crippen molar-refractivity contribution in [2.24, 2.45) is 0 Å². The average Bonchev–Trinajstić information content (AvgIpc) is 2.49. The van der Waals surface area contributed by atoms with Gasteiger partial charge in [-0.1, -0.05) is 24.3 Å². The summed E-state index contributed by atoms with van der Waals surface area (Å²) < 4.78 is 0. The molecule has 1 heterocycles. The van der Waals surface area contributed by atoms with E-state index in [2.05, 4.69) is 10.3 Å². The Labute approximate surface area is 117 Å². The minimum absolute atomic E-state index is 0.0842. The van der Waals surface area contributed by atoms with Crippen LogP contribution in [0.2, 0.25) is 0 Å². The fourth-order valence-corrected chi connectivity index (χ4v) is 2.64. The van der Waals surface area contributed by atoms with Crippen molar-refractivity contribution in [1.82, 2.24) is 10.3 Å². The van der Waals surface area contributed by atoms with Gasteiger partial charge in [-0.3, -0.25) is 14.6 Å². The first kappa shape index (κ1) is 12.8. The van der Waals surface area contributed by atoms with Gasteiger partial charge in [0, 0.05) is 30.5 Å². The largest absolute Gasteiger partial charge is 0.348 e. The second-order valence-corrected chi connectivity index (χ2v) is 5.17. The number of hydrogen-bond donors (Lipinski definition) is 1. The summed E-state index contributed by atoms with van der Waals surface area (Å²) >= 11 is 0. The van der Waals surface area contributed by atoms with Crippen LogP contribution >= 0.6 is 0 Å². The highest BCUT2D eigenvalue weighted by molar-refractivity contribution is 6.05. The molecule has 1 amide bonds. The molecule has 20 heavy (non-hydrogen) atoms. The molecule has 2 aromatic rings. The topological polar surface area (TPSA) is 59.1 Å². The van der Waals surface area contributed by atoms with Crippen LogP contribution in [0.25, 0.3) is 10.8 Å². The van der Waals surface area contributed by atoms with Gasteiger partial charge < -0.3 is 5.32 Å². The van der Waals surface area contributed by atoms with Gasteiger partial charge in [0.05, 0.1) is 0 Å². The van der Waals surface area contributed by atoms with Crippen molar-refractivity contribution in [3.63, 3.8) is 0 Å². The molecule has 4 heteroatoms. The first-order valence-corrected chi connectivity index (χ1v) is 6.90. The van der Waals surface area contributed by atoms with E-state index >= 15 is 0 Å². The average molecular weight is 268 g/mol. The molecule has 1 saturated carbocycles. The fraction of sp³-hybridized carbons (Fsp3) is 0.312. The summed E-state index contributed by atoms with van der Waals surface area (Å²) in [7, 11) is 0. The molecule has 0 saturated heterocycles. The minimum Gasteiger partial charge on any atom is -0.348 e. The highest BCUT2D eigenvalue weighted by atomic mass is 16.2. The molecule has 0 aliphatic heterocycles. The van der Waals surface area contributed by atoms with Crippen molar-refractivity contribution < 1.29 is 9.59 Å². The van der Waals surface area contributed by atoms with Crippen molar-refractivity contribution >= 4 is 22.5 Å². The molecule has 1 fully saturated rings. The molecule has 0 radical (unpaired) electrons. The zero-order valence-electron chi connectivity index (χ0n) is 11.1. The third kappa shape index (κ3) is 2.54. The Hall–Kier alpha value is -2.23. The molecule has 1 aromatic carbocycles. The lowest BCUT2D eigenvalue weighted by molar-refractivity contribution is -0.120. The van der Waals surface area contributed by atoms with Gasteiger partial charge in [-0.2, -0.15) is 0 Å². The number of benzene rings is 1. The maximum Gasteiger partial charge on any atom is 0.270 e. The number of nitrogens with one attached hydrogen (secondary N) is 1. The second-order valence-electron chi connectivity index (χ2n) is 5.17. The number of fused-ring (bicyclic) bond motifs is 1. The van der Waals surface area contributed by atoms with Crippen molar-refractivity contribution in [3.8, 4) is 0 Å². The Kier molecular flexibility index (Phi) is 3.46. The molecule has 1 N–H and O–H groups in total. The number of pyridine rings is 1. The third-order valence-electron chi connectivity index (χ3n) is 3.77. The van der Waals surface area contributed by atoms with Crippen LogP contribution in [-0.4, -0.2) is 22.7 Å². The number of carbonyl (C=O) groups is 2. The Balaban J connectivity index is 1.80. The highest BCUT2D eigenvalue weighted by Gasteiger charge is 2.21. The summed E-state index contributed by atoms with van der Waals surface area (Å²) in [4.78, 5) is 27.8. The summed E-state index contributed by atoms with van der Waals surface area (Å²) in [6.07, 6.45) is 4.24.